The lowest BCUT2D eigenvalue weighted by atomic mass is 9.85. The van der Waals surface area contributed by atoms with Gasteiger partial charge in [0.15, 0.2) is 0 Å². The van der Waals surface area contributed by atoms with E-state index in [0.29, 0.717) is 25.9 Å². The number of hydrogen-bond acceptors (Lipinski definition) is 3. The fourth-order valence-corrected chi connectivity index (χ4v) is 2.79. The lowest BCUT2D eigenvalue weighted by Crippen LogP contribution is -2.48. The number of piperidine rings is 1. The van der Waals surface area contributed by atoms with E-state index >= 15 is 0 Å². The summed E-state index contributed by atoms with van der Waals surface area (Å²) < 4.78 is 0. The molecule has 0 aromatic heterocycles. The van der Waals surface area contributed by atoms with Crippen molar-refractivity contribution in [1.82, 2.24) is 4.90 Å². The molecule has 0 spiro atoms. The van der Waals surface area contributed by atoms with E-state index in [0.717, 1.165) is 25.7 Å². The van der Waals surface area contributed by atoms with Crippen molar-refractivity contribution in [2.24, 2.45) is 5.41 Å². The molecule has 4 nitrogen and oxygen atoms in total. The zero-order valence-corrected chi connectivity index (χ0v) is 9.48. The Bertz CT molecular complexity index is 315. The number of carbonyl (C=O) groups excluding carboxylic acids is 1. The molecule has 1 aliphatic carbocycles. The zero-order valence-electron chi connectivity index (χ0n) is 9.48. The first-order valence-corrected chi connectivity index (χ1v) is 6.07. The number of nitriles is 1. The lowest BCUT2D eigenvalue weighted by molar-refractivity contribution is -0.141. The van der Waals surface area contributed by atoms with Gasteiger partial charge in [-0.15, -0.1) is 0 Å². The van der Waals surface area contributed by atoms with Gasteiger partial charge in [-0.1, -0.05) is 12.8 Å². The van der Waals surface area contributed by atoms with Crippen molar-refractivity contribution in [2.45, 2.75) is 44.6 Å². The SMILES string of the molecule is N#CC1(C(=O)N2CCCC(O)C2)CCCC1. The molecule has 1 unspecified atom stereocenters. The predicted molar refractivity (Wildman–Crippen MR) is 58.3 cm³/mol. The minimum absolute atomic E-state index is 0.0498. The molecule has 0 aromatic rings. The van der Waals surface area contributed by atoms with Crippen molar-refractivity contribution >= 4 is 5.91 Å². The topological polar surface area (TPSA) is 64.3 Å². The van der Waals surface area contributed by atoms with Crippen LogP contribution in [-0.2, 0) is 4.79 Å². The highest BCUT2D eigenvalue weighted by Gasteiger charge is 2.44. The van der Waals surface area contributed by atoms with E-state index in [-0.39, 0.29) is 5.91 Å². The minimum atomic E-state index is -0.781. The first kappa shape index (κ1) is 11.4. The third-order valence-corrected chi connectivity index (χ3v) is 3.76. The third kappa shape index (κ3) is 1.92. The fraction of sp³-hybridized carbons (Fsp3) is 0.833. The van der Waals surface area contributed by atoms with E-state index in [1.165, 1.54) is 0 Å². The summed E-state index contributed by atoms with van der Waals surface area (Å²) in [6.07, 6.45) is 4.52. The maximum absolute atomic E-state index is 12.3. The maximum atomic E-state index is 12.3. The molecular weight excluding hydrogens is 204 g/mol. The van der Waals surface area contributed by atoms with Gasteiger partial charge in [-0.2, -0.15) is 5.26 Å². The summed E-state index contributed by atoms with van der Waals surface area (Å²) in [5, 5.41) is 18.8. The highest BCUT2D eigenvalue weighted by atomic mass is 16.3. The van der Waals surface area contributed by atoms with Crippen LogP contribution in [0.15, 0.2) is 0 Å². The van der Waals surface area contributed by atoms with Gasteiger partial charge < -0.3 is 10.0 Å². The van der Waals surface area contributed by atoms with Crippen LogP contribution in [0, 0.1) is 16.7 Å². The Kier molecular flexibility index (Phi) is 3.15. The quantitative estimate of drug-likeness (QED) is 0.721. The second-order valence-electron chi connectivity index (χ2n) is 4.95. The number of carbonyl (C=O) groups is 1. The highest BCUT2D eigenvalue weighted by Crippen LogP contribution is 2.39. The van der Waals surface area contributed by atoms with Gasteiger partial charge in [0.05, 0.1) is 12.2 Å². The first-order chi connectivity index (χ1) is 7.68. The Morgan fingerprint density at radius 1 is 1.38 bits per heavy atom. The van der Waals surface area contributed by atoms with Crippen LogP contribution in [0.4, 0.5) is 0 Å². The number of aliphatic hydroxyl groups is 1. The molecule has 1 saturated carbocycles. The molecule has 1 N–H and O–H groups in total. The van der Waals surface area contributed by atoms with Crippen molar-refractivity contribution in [3.8, 4) is 6.07 Å². The van der Waals surface area contributed by atoms with Crippen LogP contribution < -0.4 is 0 Å². The Morgan fingerprint density at radius 2 is 2.06 bits per heavy atom. The van der Waals surface area contributed by atoms with Crippen LogP contribution in [0.1, 0.15) is 38.5 Å². The zero-order chi connectivity index (χ0) is 11.6. The molecule has 2 aliphatic rings. The molecule has 4 heteroatoms. The molecule has 0 radical (unpaired) electrons. The van der Waals surface area contributed by atoms with Crippen molar-refractivity contribution in [3.63, 3.8) is 0 Å². The summed E-state index contributed by atoms with van der Waals surface area (Å²) in [5.41, 5.74) is -0.781. The second kappa shape index (κ2) is 4.42. The summed E-state index contributed by atoms with van der Waals surface area (Å²) in [6, 6.07) is 2.22. The largest absolute Gasteiger partial charge is 0.391 e. The molecule has 2 fully saturated rings. The van der Waals surface area contributed by atoms with E-state index in [2.05, 4.69) is 6.07 Å². The van der Waals surface area contributed by atoms with Gasteiger partial charge in [0.25, 0.3) is 0 Å². The van der Waals surface area contributed by atoms with Gasteiger partial charge in [-0.05, 0) is 25.7 Å². The number of amides is 1. The second-order valence-corrected chi connectivity index (χ2v) is 4.95. The smallest absolute Gasteiger partial charge is 0.243 e. The highest BCUT2D eigenvalue weighted by molar-refractivity contribution is 5.86. The number of β-amino-alcohol motifs (C(OH)–C–C–N with tert-alkyl or cyclic N) is 1. The number of likely N-dealkylation sites (tertiary alicyclic amines) is 1. The Balaban J connectivity index is 2.08. The summed E-state index contributed by atoms with van der Waals surface area (Å²) in [6.45, 7) is 1.10. The molecule has 1 saturated heterocycles. The Hall–Kier alpha value is -1.08. The fourth-order valence-electron chi connectivity index (χ4n) is 2.79. The molecule has 1 amide bonds. The van der Waals surface area contributed by atoms with Crippen LogP contribution >= 0.6 is 0 Å². The number of aliphatic hydroxyl groups excluding tert-OH is 1. The van der Waals surface area contributed by atoms with E-state index in [1.54, 1.807) is 4.90 Å². The number of nitrogens with zero attached hydrogens (tertiary/aromatic N) is 2. The summed E-state index contributed by atoms with van der Waals surface area (Å²) in [7, 11) is 0. The summed E-state index contributed by atoms with van der Waals surface area (Å²) >= 11 is 0. The average Bonchev–Trinajstić information content (AvgIpc) is 2.78. The van der Waals surface area contributed by atoms with Crippen LogP contribution in [0.2, 0.25) is 0 Å². The summed E-state index contributed by atoms with van der Waals surface area (Å²) in [4.78, 5) is 14.0. The van der Waals surface area contributed by atoms with Gasteiger partial charge in [0.2, 0.25) is 5.91 Å². The monoisotopic (exact) mass is 222 g/mol. The Labute approximate surface area is 95.9 Å². The molecule has 1 heterocycles. The number of hydrogen-bond donors (Lipinski definition) is 1. The summed E-state index contributed by atoms with van der Waals surface area (Å²) in [5.74, 6) is -0.0498. The van der Waals surface area contributed by atoms with Gasteiger partial charge in [0, 0.05) is 13.1 Å². The standard InChI is InChI=1S/C12H18N2O2/c13-9-12(5-1-2-6-12)11(16)14-7-3-4-10(15)8-14/h10,15H,1-8H2. The predicted octanol–water partition coefficient (Wildman–Crippen LogP) is 1.05. The minimum Gasteiger partial charge on any atom is -0.391 e. The van der Waals surface area contributed by atoms with Crippen LogP contribution in [0.3, 0.4) is 0 Å². The van der Waals surface area contributed by atoms with Gasteiger partial charge in [-0.25, -0.2) is 0 Å². The van der Waals surface area contributed by atoms with Gasteiger partial charge >= 0.3 is 0 Å². The normalized spacial score (nSPS) is 28.8. The lowest BCUT2D eigenvalue weighted by Gasteiger charge is -2.34. The Morgan fingerprint density at radius 3 is 2.62 bits per heavy atom. The molecule has 0 aromatic carbocycles. The van der Waals surface area contributed by atoms with Crippen molar-refractivity contribution in [3.05, 3.63) is 0 Å². The molecule has 1 atom stereocenters. The van der Waals surface area contributed by atoms with Gasteiger partial charge in [-0.3, -0.25) is 4.79 Å². The van der Waals surface area contributed by atoms with Crippen molar-refractivity contribution < 1.29 is 9.90 Å². The third-order valence-electron chi connectivity index (χ3n) is 3.76. The van der Waals surface area contributed by atoms with E-state index in [9.17, 15) is 15.2 Å². The first-order valence-electron chi connectivity index (χ1n) is 6.07. The molecule has 88 valence electrons. The molecule has 0 bridgehead atoms. The molecule has 16 heavy (non-hydrogen) atoms. The van der Waals surface area contributed by atoms with E-state index in [1.807, 2.05) is 0 Å². The van der Waals surface area contributed by atoms with E-state index in [4.69, 9.17) is 0 Å². The van der Waals surface area contributed by atoms with Crippen LogP contribution in [0.25, 0.3) is 0 Å². The molecule has 1 aliphatic heterocycles. The maximum Gasteiger partial charge on any atom is 0.243 e. The van der Waals surface area contributed by atoms with Gasteiger partial charge in [0.1, 0.15) is 5.41 Å². The molecular formula is C12H18N2O2. The molecule has 2 rings (SSSR count). The van der Waals surface area contributed by atoms with Crippen molar-refractivity contribution in [2.75, 3.05) is 13.1 Å². The van der Waals surface area contributed by atoms with Crippen LogP contribution in [0.5, 0.6) is 0 Å². The average molecular weight is 222 g/mol. The van der Waals surface area contributed by atoms with E-state index < -0.39 is 11.5 Å². The number of rotatable bonds is 1. The van der Waals surface area contributed by atoms with Crippen LogP contribution in [-0.4, -0.2) is 35.1 Å². The van der Waals surface area contributed by atoms with Crippen molar-refractivity contribution in [1.29, 1.82) is 5.26 Å².